The van der Waals surface area contributed by atoms with E-state index < -0.39 is 0 Å². The van der Waals surface area contributed by atoms with Crippen LogP contribution in [0.4, 0.5) is 0 Å². The maximum atomic E-state index is 12.9. The third-order valence-corrected chi connectivity index (χ3v) is 5.83. The van der Waals surface area contributed by atoms with Crippen molar-refractivity contribution in [3.05, 3.63) is 87.6 Å². The molecule has 0 unspecified atom stereocenters. The fraction of sp³-hybridized carbons (Fsp3) is 0.333. The van der Waals surface area contributed by atoms with Crippen molar-refractivity contribution in [3.63, 3.8) is 0 Å². The molecule has 1 fully saturated rings. The highest BCUT2D eigenvalue weighted by molar-refractivity contribution is 5.94. The van der Waals surface area contributed by atoms with Crippen LogP contribution in [0.5, 0.6) is 0 Å². The Morgan fingerprint density at radius 2 is 1.87 bits per heavy atom. The van der Waals surface area contributed by atoms with Crippen LogP contribution in [-0.4, -0.2) is 38.2 Å². The van der Waals surface area contributed by atoms with Gasteiger partial charge in [-0.05, 0) is 43.5 Å². The van der Waals surface area contributed by atoms with E-state index in [1.807, 2.05) is 42.2 Å². The zero-order valence-electron chi connectivity index (χ0n) is 17.6. The Kier molecular flexibility index (Phi) is 5.99. The SMILES string of the molecule is CCn1c(C2CCN(C(=O)c3cccc(C#N)c3)CC2)nn(Cc2ccccc2)c1=O. The van der Waals surface area contributed by atoms with Crippen molar-refractivity contribution in [2.45, 2.75) is 38.8 Å². The van der Waals surface area contributed by atoms with Gasteiger partial charge < -0.3 is 4.90 Å². The van der Waals surface area contributed by atoms with Gasteiger partial charge in [0.15, 0.2) is 0 Å². The molecule has 158 valence electrons. The molecule has 1 amide bonds. The van der Waals surface area contributed by atoms with E-state index in [0.717, 1.165) is 24.2 Å². The molecule has 1 aromatic heterocycles. The van der Waals surface area contributed by atoms with Crippen molar-refractivity contribution in [2.75, 3.05) is 13.1 Å². The molecule has 2 aromatic carbocycles. The van der Waals surface area contributed by atoms with Gasteiger partial charge in [-0.2, -0.15) is 10.4 Å². The van der Waals surface area contributed by atoms with E-state index in [1.165, 1.54) is 0 Å². The molecule has 0 atom stereocenters. The molecule has 1 saturated heterocycles. The van der Waals surface area contributed by atoms with Gasteiger partial charge in [0.05, 0.1) is 18.2 Å². The summed E-state index contributed by atoms with van der Waals surface area (Å²) in [4.78, 5) is 27.5. The third kappa shape index (κ3) is 4.29. The quantitative estimate of drug-likeness (QED) is 0.641. The van der Waals surface area contributed by atoms with Crippen molar-refractivity contribution in [3.8, 4) is 6.07 Å². The number of piperidine rings is 1. The Bertz CT molecular complexity index is 1160. The highest BCUT2D eigenvalue weighted by Gasteiger charge is 2.28. The number of rotatable bonds is 5. The Morgan fingerprint density at radius 3 is 2.55 bits per heavy atom. The largest absolute Gasteiger partial charge is 0.346 e. The summed E-state index contributed by atoms with van der Waals surface area (Å²) in [6.07, 6.45) is 1.51. The lowest BCUT2D eigenvalue weighted by atomic mass is 9.95. The van der Waals surface area contributed by atoms with E-state index in [-0.39, 0.29) is 17.5 Å². The molecule has 0 aliphatic carbocycles. The number of hydrogen-bond acceptors (Lipinski definition) is 4. The van der Waals surface area contributed by atoms with Gasteiger partial charge in [-0.15, -0.1) is 0 Å². The van der Waals surface area contributed by atoms with E-state index in [9.17, 15) is 9.59 Å². The molecule has 0 spiro atoms. The number of benzene rings is 2. The first kappa shape index (κ1) is 20.6. The van der Waals surface area contributed by atoms with Crippen molar-refractivity contribution in [1.29, 1.82) is 5.26 Å². The lowest BCUT2D eigenvalue weighted by Crippen LogP contribution is -2.38. The number of hydrogen-bond donors (Lipinski definition) is 0. The fourth-order valence-electron chi connectivity index (χ4n) is 4.16. The standard InChI is InChI=1S/C24H25N5O2/c1-2-28-22(26-29(24(28)31)17-18-7-4-3-5-8-18)20-11-13-27(14-12-20)23(30)21-10-6-9-19(15-21)16-25/h3-10,15,20H,2,11-14,17H2,1H3. The molecule has 31 heavy (non-hydrogen) atoms. The van der Waals surface area contributed by atoms with Gasteiger partial charge in [0.1, 0.15) is 5.82 Å². The van der Waals surface area contributed by atoms with Crippen molar-refractivity contribution in [2.24, 2.45) is 0 Å². The Morgan fingerprint density at radius 1 is 1.13 bits per heavy atom. The number of amides is 1. The molecule has 0 N–H and O–H groups in total. The lowest BCUT2D eigenvalue weighted by molar-refractivity contribution is 0.0710. The second-order valence-electron chi connectivity index (χ2n) is 7.79. The smallest absolute Gasteiger partial charge is 0.339 e. The number of carbonyl (C=O) groups is 1. The van der Waals surface area contributed by atoms with Crippen LogP contribution in [-0.2, 0) is 13.1 Å². The maximum absolute atomic E-state index is 12.9. The van der Waals surface area contributed by atoms with E-state index in [4.69, 9.17) is 5.26 Å². The van der Waals surface area contributed by atoms with Crippen LogP contribution in [0.25, 0.3) is 0 Å². The zero-order valence-corrected chi connectivity index (χ0v) is 17.6. The molecule has 2 heterocycles. The third-order valence-electron chi connectivity index (χ3n) is 5.83. The van der Waals surface area contributed by atoms with E-state index in [0.29, 0.717) is 37.3 Å². The van der Waals surface area contributed by atoms with Gasteiger partial charge in [-0.3, -0.25) is 9.36 Å². The number of nitrogens with zero attached hydrogens (tertiary/aromatic N) is 5. The Balaban J connectivity index is 1.48. The zero-order chi connectivity index (χ0) is 21.8. The van der Waals surface area contributed by atoms with E-state index >= 15 is 0 Å². The predicted octanol–water partition coefficient (Wildman–Crippen LogP) is 3.00. The lowest BCUT2D eigenvalue weighted by Gasteiger charge is -2.31. The van der Waals surface area contributed by atoms with Crippen molar-refractivity contribution in [1.82, 2.24) is 19.2 Å². The second kappa shape index (κ2) is 9.00. The summed E-state index contributed by atoms with van der Waals surface area (Å²) in [5.74, 6) is 0.888. The molecule has 1 aliphatic rings. The maximum Gasteiger partial charge on any atom is 0.346 e. The molecule has 0 bridgehead atoms. The first-order valence-corrected chi connectivity index (χ1v) is 10.6. The van der Waals surface area contributed by atoms with E-state index in [2.05, 4.69) is 11.2 Å². The summed E-state index contributed by atoms with van der Waals surface area (Å²) in [7, 11) is 0. The number of likely N-dealkylation sites (tertiary alicyclic amines) is 1. The van der Waals surface area contributed by atoms with Gasteiger partial charge in [-0.1, -0.05) is 36.4 Å². The summed E-state index contributed by atoms with van der Waals surface area (Å²) in [5.41, 5.74) is 1.97. The second-order valence-corrected chi connectivity index (χ2v) is 7.79. The van der Waals surface area contributed by atoms with Crippen LogP contribution in [0.3, 0.4) is 0 Å². The first-order chi connectivity index (χ1) is 15.1. The molecule has 1 aliphatic heterocycles. The van der Waals surface area contributed by atoms with Crippen LogP contribution in [0.2, 0.25) is 0 Å². The average Bonchev–Trinajstić information content (AvgIpc) is 3.14. The Labute approximate surface area is 181 Å². The molecular weight excluding hydrogens is 390 g/mol. The fourth-order valence-corrected chi connectivity index (χ4v) is 4.16. The average molecular weight is 415 g/mol. The van der Waals surface area contributed by atoms with Gasteiger partial charge in [-0.25, -0.2) is 9.48 Å². The topological polar surface area (TPSA) is 83.9 Å². The van der Waals surface area contributed by atoms with Gasteiger partial charge in [0.2, 0.25) is 0 Å². The van der Waals surface area contributed by atoms with Crippen molar-refractivity contribution < 1.29 is 4.79 Å². The van der Waals surface area contributed by atoms with Gasteiger partial charge >= 0.3 is 5.69 Å². The van der Waals surface area contributed by atoms with E-state index in [1.54, 1.807) is 33.5 Å². The van der Waals surface area contributed by atoms with Crippen LogP contribution >= 0.6 is 0 Å². The molecule has 7 nitrogen and oxygen atoms in total. The highest BCUT2D eigenvalue weighted by atomic mass is 16.2. The minimum atomic E-state index is -0.0897. The van der Waals surface area contributed by atoms with Crippen LogP contribution in [0.1, 0.15) is 53.0 Å². The van der Waals surface area contributed by atoms with Gasteiger partial charge in [0, 0.05) is 31.1 Å². The van der Waals surface area contributed by atoms with Crippen LogP contribution in [0, 0.1) is 11.3 Å². The normalized spacial score (nSPS) is 14.4. The molecule has 3 aromatic rings. The van der Waals surface area contributed by atoms with Crippen LogP contribution in [0.15, 0.2) is 59.4 Å². The minimum absolute atomic E-state index is 0.0574. The molecule has 0 radical (unpaired) electrons. The summed E-state index contributed by atoms with van der Waals surface area (Å²) in [6, 6.07) is 18.7. The Hall–Kier alpha value is -3.66. The minimum Gasteiger partial charge on any atom is -0.339 e. The number of carbonyl (C=O) groups excluding carboxylic acids is 1. The number of nitriles is 1. The molecule has 0 saturated carbocycles. The van der Waals surface area contributed by atoms with Gasteiger partial charge in [0.25, 0.3) is 5.91 Å². The molecule has 7 heteroatoms. The summed E-state index contributed by atoms with van der Waals surface area (Å²) in [5, 5.41) is 13.7. The summed E-state index contributed by atoms with van der Waals surface area (Å²) in [6.45, 7) is 4.18. The number of aromatic nitrogens is 3. The molecule has 4 rings (SSSR count). The van der Waals surface area contributed by atoms with Crippen molar-refractivity contribution >= 4 is 5.91 Å². The highest BCUT2D eigenvalue weighted by Crippen LogP contribution is 2.27. The molecular formula is C24H25N5O2. The van der Waals surface area contributed by atoms with Crippen LogP contribution < -0.4 is 5.69 Å². The summed E-state index contributed by atoms with van der Waals surface area (Å²) < 4.78 is 3.29. The predicted molar refractivity (Wildman–Crippen MR) is 117 cm³/mol. The first-order valence-electron chi connectivity index (χ1n) is 10.6. The summed E-state index contributed by atoms with van der Waals surface area (Å²) >= 11 is 0. The monoisotopic (exact) mass is 415 g/mol.